The summed E-state index contributed by atoms with van der Waals surface area (Å²) in [6.45, 7) is 4.02. The van der Waals surface area contributed by atoms with Gasteiger partial charge in [-0.2, -0.15) is 5.26 Å². The lowest BCUT2D eigenvalue weighted by atomic mass is 9.80. The van der Waals surface area contributed by atoms with Crippen LogP contribution in [0.5, 0.6) is 0 Å². The van der Waals surface area contributed by atoms with Crippen molar-refractivity contribution >= 4 is 6.21 Å². The van der Waals surface area contributed by atoms with Gasteiger partial charge in [-0.15, -0.1) is 0 Å². The fraction of sp³-hybridized carbons (Fsp3) is 0.385. The minimum atomic E-state index is -0.412. The van der Waals surface area contributed by atoms with Crippen molar-refractivity contribution in [2.24, 2.45) is 10.4 Å². The quantitative estimate of drug-likeness (QED) is 0.683. The van der Waals surface area contributed by atoms with Crippen LogP contribution in [0.15, 0.2) is 35.3 Å². The van der Waals surface area contributed by atoms with Gasteiger partial charge in [-0.3, -0.25) is 4.99 Å². The van der Waals surface area contributed by atoms with Gasteiger partial charge in [0, 0.05) is 6.21 Å². The van der Waals surface area contributed by atoms with Crippen LogP contribution < -0.4 is 0 Å². The van der Waals surface area contributed by atoms with E-state index in [0.29, 0.717) is 0 Å². The molecule has 2 unspecified atom stereocenters. The van der Waals surface area contributed by atoms with Crippen LogP contribution in [-0.4, -0.2) is 6.21 Å². The number of nitrogens with zero attached hydrogens (tertiary/aromatic N) is 2. The van der Waals surface area contributed by atoms with E-state index in [4.69, 9.17) is 5.26 Å². The minimum Gasteiger partial charge on any atom is -0.285 e. The van der Waals surface area contributed by atoms with Crippen LogP contribution in [0.25, 0.3) is 0 Å². The third-order valence-electron chi connectivity index (χ3n) is 3.00. The van der Waals surface area contributed by atoms with E-state index < -0.39 is 5.41 Å². The van der Waals surface area contributed by atoms with Crippen molar-refractivity contribution in [1.82, 2.24) is 0 Å². The maximum Gasteiger partial charge on any atom is 0.0918 e. The van der Waals surface area contributed by atoms with Gasteiger partial charge in [-0.25, -0.2) is 0 Å². The zero-order valence-corrected chi connectivity index (χ0v) is 9.07. The van der Waals surface area contributed by atoms with E-state index >= 15 is 0 Å². The summed E-state index contributed by atoms with van der Waals surface area (Å²) in [7, 11) is 0. The van der Waals surface area contributed by atoms with E-state index in [9.17, 15) is 0 Å². The Morgan fingerprint density at radius 2 is 1.93 bits per heavy atom. The molecule has 0 bridgehead atoms. The first-order chi connectivity index (χ1) is 7.08. The highest BCUT2D eigenvalue weighted by Crippen LogP contribution is 2.41. The van der Waals surface area contributed by atoms with Crippen LogP contribution in [0.1, 0.15) is 25.8 Å². The van der Waals surface area contributed by atoms with Gasteiger partial charge < -0.3 is 0 Å². The summed E-state index contributed by atoms with van der Waals surface area (Å²) in [5.41, 5.74) is 0.538. The first kappa shape index (κ1) is 9.92. The largest absolute Gasteiger partial charge is 0.285 e. The number of hydrogen-bond donors (Lipinski definition) is 0. The number of aliphatic imine (C=N–C) groups is 1. The molecule has 2 heteroatoms. The molecule has 0 saturated heterocycles. The Bertz CT molecular complexity index is 430. The van der Waals surface area contributed by atoms with E-state index in [2.05, 4.69) is 30.1 Å². The van der Waals surface area contributed by atoms with E-state index in [1.54, 1.807) is 6.21 Å². The summed E-state index contributed by atoms with van der Waals surface area (Å²) in [5, 5.41) is 9.06. The van der Waals surface area contributed by atoms with Gasteiger partial charge >= 0.3 is 0 Å². The van der Waals surface area contributed by atoms with Crippen LogP contribution in [0.2, 0.25) is 0 Å². The zero-order chi connectivity index (χ0) is 10.9. The molecule has 0 N–H and O–H groups in total. The van der Waals surface area contributed by atoms with Crippen molar-refractivity contribution in [1.29, 1.82) is 5.26 Å². The summed E-state index contributed by atoms with van der Waals surface area (Å²) < 4.78 is 0. The zero-order valence-electron chi connectivity index (χ0n) is 9.07. The lowest BCUT2D eigenvalue weighted by Gasteiger charge is -2.23. The summed E-state index contributed by atoms with van der Waals surface area (Å²) in [6, 6.07) is 12.5. The molecule has 76 valence electrons. The molecule has 2 atom stereocenters. The standard InChI is InChI=1S/C13H14N2/c1-12(9-14)8-13(2,15-10-12)11-6-4-3-5-7-11/h3-7,10H,8H2,1-2H3. The van der Waals surface area contributed by atoms with E-state index in [-0.39, 0.29) is 5.54 Å². The van der Waals surface area contributed by atoms with Gasteiger partial charge in [0.1, 0.15) is 0 Å². The Kier molecular flexibility index (Phi) is 2.12. The van der Waals surface area contributed by atoms with Gasteiger partial charge in [-0.05, 0) is 25.8 Å². The Balaban J connectivity index is 2.34. The van der Waals surface area contributed by atoms with Gasteiger partial charge in [0.25, 0.3) is 0 Å². The summed E-state index contributed by atoms with van der Waals surface area (Å²) in [5.74, 6) is 0. The third-order valence-corrected chi connectivity index (χ3v) is 3.00. The van der Waals surface area contributed by atoms with Crippen molar-refractivity contribution in [2.75, 3.05) is 0 Å². The summed E-state index contributed by atoms with van der Waals surface area (Å²) in [6.07, 6.45) is 2.56. The molecule has 2 nitrogen and oxygen atoms in total. The molecule has 1 aliphatic rings. The maximum absolute atomic E-state index is 9.06. The van der Waals surface area contributed by atoms with Crippen molar-refractivity contribution in [3.05, 3.63) is 35.9 Å². The minimum absolute atomic E-state index is 0.230. The van der Waals surface area contributed by atoms with Crippen molar-refractivity contribution in [3.63, 3.8) is 0 Å². The van der Waals surface area contributed by atoms with Crippen LogP contribution in [0, 0.1) is 16.7 Å². The molecule has 1 heterocycles. The molecule has 0 aromatic heterocycles. The topological polar surface area (TPSA) is 36.1 Å². The van der Waals surface area contributed by atoms with E-state index in [0.717, 1.165) is 6.42 Å². The van der Waals surface area contributed by atoms with Crippen LogP contribution in [-0.2, 0) is 5.54 Å². The average Bonchev–Trinajstić information content (AvgIpc) is 2.59. The third kappa shape index (κ3) is 1.66. The van der Waals surface area contributed by atoms with Gasteiger partial charge in [-0.1, -0.05) is 30.3 Å². The molecule has 15 heavy (non-hydrogen) atoms. The maximum atomic E-state index is 9.06. The van der Waals surface area contributed by atoms with E-state index in [1.165, 1.54) is 5.56 Å². The highest BCUT2D eigenvalue weighted by atomic mass is 14.9. The summed E-state index contributed by atoms with van der Waals surface area (Å²) >= 11 is 0. The lowest BCUT2D eigenvalue weighted by Crippen LogP contribution is -2.21. The first-order valence-electron chi connectivity index (χ1n) is 5.11. The average molecular weight is 198 g/mol. The Labute approximate surface area is 90.3 Å². The fourth-order valence-corrected chi connectivity index (χ4v) is 2.13. The molecule has 2 rings (SSSR count). The van der Waals surface area contributed by atoms with E-state index in [1.807, 2.05) is 25.1 Å². The molecular weight excluding hydrogens is 184 g/mol. The normalized spacial score (nSPS) is 33.9. The molecular formula is C13H14N2. The molecule has 1 aromatic carbocycles. The summed E-state index contributed by atoms with van der Waals surface area (Å²) in [4.78, 5) is 4.51. The second kappa shape index (κ2) is 3.20. The number of benzene rings is 1. The Morgan fingerprint density at radius 3 is 2.47 bits per heavy atom. The number of nitriles is 1. The van der Waals surface area contributed by atoms with Crippen molar-refractivity contribution in [2.45, 2.75) is 25.8 Å². The molecule has 0 radical (unpaired) electrons. The molecule has 1 aromatic rings. The SMILES string of the molecule is CC1(C#N)C=NC(C)(c2ccccc2)C1. The van der Waals surface area contributed by atoms with Crippen LogP contribution >= 0.6 is 0 Å². The molecule has 0 spiro atoms. The second-order valence-corrected chi connectivity index (χ2v) is 4.60. The van der Waals surface area contributed by atoms with Gasteiger partial charge in [0.05, 0.1) is 17.0 Å². The molecule has 1 aliphatic heterocycles. The lowest BCUT2D eigenvalue weighted by molar-refractivity contribution is 0.412. The first-order valence-corrected chi connectivity index (χ1v) is 5.11. The number of rotatable bonds is 1. The molecule has 0 aliphatic carbocycles. The van der Waals surface area contributed by atoms with Crippen molar-refractivity contribution < 1.29 is 0 Å². The predicted octanol–water partition coefficient (Wildman–Crippen LogP) is 2.91. The van der Waals surface area contributed by atoms with Crippen LogP contribution in [0.4, 0.5) is 0 Å². The Hall–Kier alpha value is -1.62. The van der Waals surface area contributed by atoms with Gasteiger partial charge in [0.2, 0.25) is 0 Å². The monoisotopic (exact) mass is 198 g/mol. The predicted molar refractivity (Wildman–Crippen MR) is 60.6 cm³/mol. The fourth-order valence-electron chi connectivity index (χ4n) is 2.13. The second-order valence-electron chi connectivity index (χ2n) is 4.60. The number of hydrogen-bond acceptors (Lipinski definition) is 2. The van der Waals surface area contributed by atoms with Crippen LogP contribution in [0.3, 0.4) is 0 Å². The Morgan fingerprint density at radius 1 is 1.27 bits per heavy atom. The van der Waals surface area contributed by atoms with Crippen molar-refractivity contribution in [3.8, 4) is 6.07 Å². The smallest absolute Gasteiger partial charge is 0.0918 e. The van der Waals surface area contributed by atoms with Gasteiger partial charge in [0.15, 0.2) is 0 Å². The highest BCUT2D eigenvalue weighted by Gasteiger charge is 2.40. The molecule has 0 saturated carbocycles. The molecule has 0 amide bonds. The molecule has 0 fully saturated rings. The highest BCUT2D eigenvalue weighted by molar-refractivity contribution is 5.73.